The second-order valence-electron chi connectivity index (χ2n) is 8.56. The lowest BCUT2D eigenvalue weighted by Crippen LogP contribution is -2.06. The quantitative estimate of drug-likeness (QED) is 0.239. The predicted molar refractivity (Wildman–Crippen MR) is 157 cm³/mol. The van der Waals surface area contributed by atoms with Crippen LogP contribution in [0.15, 0.2) is 63.9 Å². The SMILES string of the molecule is CC.Cc1cc(C)cc(-c2cc(C)c(/C(=C/C=N/I)Nc3ccccc3C(C)C)c(C)c2)c1. The highest BCUT2D eigenvalue weighted by Gasteiger charge is 2.14. The lowest BCUT2D eigenvalue weighted by atomic mass is 9.92. The summed E-state index contributed by atoms with van der Waals surface area (Å²) in [5.41, 5.74) is 12.3. The molecule has 0 aliphatic carbocycles. The van der Waals surface area contributed by atoms with Crippen molar-refractivity contribution in [3.8, 4) is 11.1 Å². The van der Waals surface area contributed by atoms with Crippen LogP contribution in [0.1, 0.15) is 67.0 Å². The van der Waals surface area contributed by atoms with Crippen molar-refractivity contribution in [3.05, 3.63) is 94.1 Å². The van der Waals surface area contributed by atoms with Crippen LogP contribution in [-0.4, -0.2) is 6.21 Å². The zero-order chi connectivity index (χ0) is 24.5. The monoisotopic (exact) mass is 552 g/mol. The second-order valence-corrected chi connectivity index (χ2v) is 9.11. The van der Waals surface area contributed by atoms with Gasteiger partial charge in [0, 0.05) is 23.2 Å². The molecule has 0 aliphatic heterocycles. The molecule has 174 valence electrons. The standard InChI is InChI=1S/C28H31IN2.C2H6/c1-18(2)25-9-7-8-10-26(25)31-27(11-12-30-29)28-21(5)16-24(17-22(28)6)23-14-19(3)13-20(4)15-23;1-2/h7-18,31H,1-6H3;1-2H3/b27-11-,30-12+;. The van der Waals surface area contributed by atoms with Gasteiger partial charge in [-0.25, -0.2) is 3.21 Å². The summed E-state index contributed by atoms with van der Waals surface area (Å²) >= 11 is 2.02. The highest BCUT2D eigenvalue weighted by atomic mass is 127. The number of benzene rings is 3. The molecule has 0 aliphatic rings. The lowest BCUT2D eigenvalue weighted by molar-refractivity contribution is 0.869. The molecule has 0 saturated heterocycles. The van der Waals surface area contributed by atoms with Crippen LogP contribution in [-0.2, 0) is 0 Å². The molecule has 0 radical (unpaired) electrons. The van der Waals surface area contributed by atoms with Gasteiger partial charge in [-0.15, -0.1) is 0 Å². The summed E-state index contributed by atoms with van der Waals surface area (Å²) < 4.78 is 4.17. The third-order valence-electron chi connectivity index (χ3n) is 5.51. The van der Waals surface area contributed by atoms with Gasteiger partial charge in [-0.1, -0.05) is 87.4 Å². The Morgan fingerprint density at radius 2 is 1.39 bits per heavy atom. The number of nitrogens with one attached hydrogen (secondary N) is 1. The predicted octanol–water partition coefficient (Wildman–Crippen LogP) is 9.61. The Balaban J connectivity index is 0.00000187. The minimum atomic E-state index is 0.442. The van der Waals surface area contributed by atoms with Crippen LogP contribution in [0.3, 0.4) is 0 Å². The first-order valence-electron chi connectivity index (χ1n) is 11.7. The van der Waals surface area contributed by atoms with E-state index in [-0.39, 0.29) is 0 Å². The lowest BCUT2D eigenvalue weighted by Gasteiger charge is -2.20. The maximum Gasteiger partial charge on any atom is 0.0831 e. The number of hydrogen-bond acceptors (Lipinski definition) is 2. The van der Waals surface area contributed by atoms with Crippen LogP contribution in [0, 0.1) is 27.7 Å². The van der Waals surface area contributed by atoms with Crippen molar-refractivity contribution in [2.45, 2.75) is 61.3 Å². The zero-order valence-corrected chi connectivity index (χ0v) is 23.4. The molecule has 0 atom stereocenters. The summed E-state index contributed by atoms with van der Waals surface area (Å²) in [6.07, 6.45) is 3.91. The molecule has 0 fully saturated rings. The molecule has 0 aromatic heterocycles. The maximum absolute atomic E-state index is 4.17. The van der Waals surface area contributed by atoms with Crippen molar-refractivity contribution in [2.75, 3.05) is 5.32 Å². The number of nitrogens with zero attached hydrogens (tertiary/aromatic N) is 1. The van der Waals surface area contributed by atoms with Gasteiger partial charge < -0.3 is 5.32 Å². The summed E-state index contributed by atoms with van der Waals surface area (Å²) in [6.45, 7) is 17.2. The Morgan fingerprint density at radius 3 is 1.94 bits per heavy atom. The van der Waals surface area contributed by atoms with Crippen molar-refractivity contribution in [2.24, 2.45) is 3.21 Å². The molecule has 3 aromatic rings. The minimum absolute atomic E-state index is 0.442. The number of anilines is 1. The molecule has 0 spiro atoms. The van der Waals surface area contributed by atoms with Crippen LogP contribution in [0.25, 0.3) is 16.8 Å². The molecule has 3 aromatic carbocycles. The van der Waals surface area contributed by atoms with Gasteiger partial charge in [0.25, 0.3) is 0 Å². The Labute approximate surface area is 214 Å². The average molecular weight is 553 g/mol. The highest BCUT2D eigenvalue weighted by molar-refractivity contribution is 14.1. The van der Waals surface area contributed by atoms with E-state index in [0.29, 0.717) is 5.92 Å². The molecule has 0 heterocycles. The van der Waals surface area contributed by atoms with Crippen LogP contribution >= 0.6 is 22.9 Å². The zero-order valence-electron chi connectivity index (χ0n) is 21.3. The molecular weight excluding hydrogens is 515 g/mol. The first-order chi connectivity index (χ1) is 15.8. The van der Waals surface area contributed by atoms with Crippen molar-refractivity contribution in [1.82, 2.24) is 0 Å². The van der Waals surface area contributed by atoms with Gasteiger partial charge in [-0.3, -0.25) is 0 Å². The Kier molecular flexibility index (Phi) is 10.4. The number of rotatable bonds is 6. The van der Waals surface area contributed by atoms with E-state index in [4.69, 9.17) is 0 Å². The largest absolute Gasteiger partial charge is 0.355 e. The number of allylic oxidation sites excluding steroid dienone is 1. The van der Waals surface area contributed by atoms with E-state index in [9.17, 15) is 0 Å². The van der Waals surface area contributed by atoms with Crippen LogP contribution < -0.4 is 5.32 Å². The topological polar surface area (TPSA) is 24.4 Å². The first kappa shape index (κ1) is 26.8. The molecule has 2 nitrogen and oxygen atoms in total. The third kappa shape index (κ3) is 7.04. The van der Waals surface area contributed by atoms with Gasteiger partial charge in [-0.2, -0.15) is 0 Å². The fourth-order valence-corrected chi connectivity index (χ4v) is 4.41. The number of halogens is 1. The minimum Gasteiger partial charge on any atom is -0.355 e. The smallest absolute Gasteiger partial charge is 0.0831 e. The molecular formula is C30H37IN2. The van der Waals surface area contributed by atoms with E-state index < -0.39 is 0 Å². The molecule has 33 heavy (non-hydrogen) atoms. The van der Waals surface area contributed by atoms with E-state index in [1.165, 1.54) is 44.5 Å². The summed E-state index contributed by atoms with van der Waals surface area (Å²) in [7, 11) is 0. The summed E-state index contributed by atoms with van der Waals surface area (Å²) in [5, 5.41) is 3.71. The second kappa shape index (κ2) is 12.7. The Bertz CT molecular complexity index is 1100. The Morgan fingerprint density at radius 1 is 0.848 bits per heavy atom. The Hall–Kier alpha value is -2.40. The van der Waals surface area contributed by atoms with Crippen LogP contribution in [0.5, 0.6) is 0 Å². The van der Waals surface area contributed by atoms with Gasteiger partial charge in [0.1, 0.15) is 0 Å². The molecule has 0 bridgehead atoms. The van der Waals surface area contributed by atoms with E-state index in [0.717, 1.165) is 11.4 Å². The van der Waals surface area contributed by atoms with E-state index in [1.807, 2.05) is 42.9 Å². The maximum atomic E-state index is 4.17. The molecule has 3 rings (SSSR count). The fourth-order valence-electron chi connectivity index (χ4n) is 4.25. The summed E-state index contributed by atoms with van der Waals surface area (Å²) in [6, 6.07) is 19.9. The van der Waals surface area contributed by atoms with Crippen LogP contribution in [0.4, 0.5) is 5.69 Å². The third-order valence-corrected chi connectivity index (χ3v) is 5.83. The number of aryl methyl sites for hydroxylation is 4. The van der Waals surface area contributed by atoms with Crippen molar-refractivity contribution in [3.63, 3.8) is 0 Å². The van der Waals surface area contributed by atoms with Gasteiger partial charge in [0.2, 0.25) is 0 Å². The van der Waals surface area contributed by atoms with E-state index >= 15 is 0 Å². The van der Waals surface area contributed by atoms with E-state index in [2.05, 4.69) is 111 Å². The van der Waals surface area contributed by atoms with Gasteiger partial charge in [0.15, 0.2) is 0 Å². The number of hydrogen-bond donors (Lipinski definition) is 1. The molecule has 0 saturated carbocycles. The number of para-hydroxylation sites is 1. The molecule has 0 amide bonds. The molecule has 1 N–H and O–H groups in total. The van der Waals surface area contributed by atoms with Crippen LogP contribution in [0.2, 0.25) is 0 Å². The molecule has 0 unspecified atom stereocenters. The first-order valence-corrected chi connectivity index (χ1v) is 12.7. The normalized spacial score (nSPS) is 11.5. The molecule has 3 heteroatoms. The van der Waals surface area contributed by atoms with Crippen molar-refractivity contribution in [1.29, 1.82) is 0 Å². The van der Waals surface area contributed by atoms with Crippen molar-refractivity contribution < 1.29 is 0 Å². The fraction of sp³-hybridized carbons (Fsp3) is 0.300. The highest BCUT2D eigenvalue weighted by Crippen LogP contribution is 2.33. The van der Waals surface area contributed by atoms with Crippen molar-refractivity contribution >= 4 is 40.5 Å². The van der Waals surface area contributed by atoms with Gasteiger partial charge in [0.05, 0.1) is 22.9 Å². The summed E-state index contributed by atoms with van der Waals surface area (Å²) in [4.78, 5) is 0. The average Bonchev–Trinajstić information content (AvgIpc) is 2.77. The van der Waals surface area contributed by atoms with Gasteiger partial charge in [-0.05, 0) is 73.6 Å². The van der Waals surface area contributed by atoms with E-state index in [1.54, 1.807) is 0 Å². The van der Waals surface area contributed by atoms with Gasteiger partial charge >= 0.3 is 0 Å². The summed E-state index contributed by atoms with van der Waals surface area (Å²) in [5.74, 6) is 0.442.